The fourth-order valence-electron chi connectivity index (χ4n) is 4.12. The number of nitrogens with one attached hydrogen (secondary N) is 1. The van der Waals surface area contributed by atoms with Gasteiger partial charge in [0.05, 0.1) is 11.0 Å². The lowest BCUT2D eigenvalue weighted by Crippen LogP contribution is -2.49. The number of piperazine rings is 1. The van der Waals surface area contributed by atoms with Crippen molar-refractivity contribution in [2.45, 2.75) is 40.5 Å². The second kappa shape index (κ2) is 7.90. The number of fused-ring (bicyclic) bond motifs is 1. The summed E-state index contributed by atoms with van der Waals surface area (Å²) in [7, 11) is 0. The van der Waals surface area contributed by atoms with Crippen LogP contribution >= 0.6 is 0 Å². The summed E-state index contributed by atoms with van der Waals surface area (Å²) >= 11 is 0. The predicted molar refractivity (Wildman–Crippen MR) is 119 cm³/mol. The van der Waals surface area contributed by atoms with Crippen LogP contribution in [-0.2, 0) is 11.2 Å². The number of aromatic nitrogens is 2. The van der Waals surface area contributed by atoms with Crippen molar-refractivity contribution < 1.29 is 4.79 Å². The first-order valence-electron chi connectivity index (χ1n) is 10.5. The molecule has 1 aromatic heterocycles. The first-order chi connectivity index (χ1) is 13.9. The topological polar surface area (TPSA) is 52.2 Å². The molecule has 0 bridgehead atoms. The molecule has 1 saturated heterocycles. The molecule has 1 N–H and O–H groups in total. The van der Waals surface area contributed by atoms with Gasteiger partial charge in [-0.1, -0.05) is 18.2 Å². The summed E-state index contributed by atoms with van der Waals surface area (Å²) in [5, 5.41) is 0. The second-order valence-electron chi connectivity index (χ2n) is 8.24. The maximum Gasteiger partial charge on any atom is 0.223 e. The molecule has 0 atom stereocenters. The van der Waals surface area contributed by atoms with Gasteiger partial charge in [0.15, 0.2) is 0 Å². The Morgan fingerprint density at radius 2 is 1.72 bits per heavy atom. The van der Waals surface area contributed by atoms with E-state index in [1.165, 1.54) is 27.9 Å². The summed E-state index contributed by atoms with van der Waals surface area (Å²) in [5.41, 5.74) is 8.40. The predicted octanol–water partition coefficient (Wildman–Crippen LogP) is 4.08. The molecule has 0 radical (unpaired) electrons. The van der Waals surface area contributed by atoms with Crippen LogP contribution in [0.1, 0.15) is 34.5 Å². The number of nitrogens with zero attached hydrogens (tertiary/aromatic N) is 3. The molecule has 5 nitrogen and oxygen atoms in total. The number of hydrogen-bond acceptors (Lipinski definition) is 3. The summed E-state index contributed by atoms with van der Waals surface area (Å²) in [5.74, 6) is 1.12. The minimum Gasteiger partial charge on any atom is -0.368 e. The Kier molecular flexibility index (Phi) is 5.31. The van der Waals surface area contributed by atoms with Crippen LogP contribution in [0.4, 0.5) is 5.69 Å². The molecule has 2 heterocycles. The van der Waals surface area contributed by atoms with Crippen LogP contribution in [0.5, 0.6) is 0 Å². The van der Waals surface area contributed by atoms with E-state index in [9.17, 15) is 4.79 Å². The highest BCUT2D eigenvalue weighted by molar-refractivity contribution is 5.80. The monoisotopic (exact) mass is 390 g/mol. The minimum atomic E-state index is 0.221. The zero-order chi connectivity index (χ0) is 20.5. The molecule has 152 valence electrons. The number of carbonyl (C=O) groups excluding carboxylic acids is 1. The molecule has 5 heteroatoms. The van der Waals surface area contributed by atoms with E-state index in [0.29, 0.717) is 12.8 Å². The third-order valence-electron chi connectivity index (χ3n) is 6.14. The average Bonchev–Trinajstić information content (AvgIpc) is 3.15. The van der Waals surface area contributed by atoms with E-state index < -0.39 is 0 Å². The van der Waals surface area contributed by atoms with E-state index in [4.69, 9.17) is 4.98 Å². The Morgan fingerprint density at radius 1 is 1.00 bits per heavy atom. The van der Waals surface area contributed by atoms with Crippen LogP contribution in [0.15, 0.2) is 30.3 Å². The van der Waals surface area contributed by atoms with Crippen LogP contribution in [0.25, 0.3) is 11.0 Å². The van der Waals surface area contributed by atoms with E-state index in [1.54, 1.807) is 0 Å². The van der Waals surface area contributed by atoms with E-state index in [0.717, 1.165) is 43.0 Å². The summed E-state index contributed by atoms with van der Waals surface area (Å²) in [6.07, 6.45) is 1.16. The zero-order valence-electron chi connectivity index (χ0n) is 17.9. The Morgan fingerprint density at radius 3 is 2.48 bits per heavy atom. The summed E-state index contributed by atoms with van der Waals surface area (Å²) in [4.78, 5) is 25.2. The SMILES string of the molecule is Cc1ccc(C)c(N2CCN(C(=O)CCc3nc4c(C)c(C)ccc4[nH]3)CC2)c1. The van der Waals surface area contributed by atoms with Gasteiger partial charge in [-0.25, -0.2) is 4.98 Å². The van der Waals surface area contributed by atoms with Crippen molar-refractivity contribution in [1.29, 1.82) is 0 Å². The van der Waals surface area contributed by atoms with E-state index in [-0.39, 0.29) is 5.91 Å². The minimum absolute atomic E-state index is 0.221. The number of carbonyl (C=O) groups is 1. The van der Waals surface area contributed by atoms with Crippen LogP contribution in [-0.4, -0.2) is 47.0 Å². The van der Waals surface area contributed by atoms with Gasteiger partial charge in [0.2, 0.25) is 5.91 Å². The third kappa shape index (κ3) is 4.00. The highest BCUT2D eigenvalue weighted by atomic mass is 16.2. The van der Waals surface area contributed by atoms with Crippen molar-refractivity contribution in [2.75, 3.05) is 31.1 Å². The Labute approximate surface area is 172 Å². The average molecular weight is 391 g/mol. The first kappa shape index (κ1) is 19.5. The summed E-state index contributed by atoms with van der Waals surface area (Å²) in [6.45, 7) is 11.8. The smallest absolute Gasteiger partial charge is 0.223 e. The largest absolute Gasteiger partial charge is 0.368 e. The van der Waals surface area contributed by atoms with Gasteiger partial charge < -0.3 is 14.8 Å². The maximum atomic E-state index is 12.7. The number of aryl methyl sites for hydroxylation is 5. The van der Waals surface area contributed by atoms with Crippen LogP contribution in [0.2, 0.25) is 0 Å². The van der Waals surface area contributed by atoms with Crippen molar-refractivity contribution in [3.63, 3.8) is 0 Å². The third-order valence-corrected chi connectivity index (χ3v) is 6.14. The Balaban J connectivity index is 1.34. The number of imidazole rings is 1. The Bertz CT molecular complexity index is 1040. The first-order valence-corrected chi connectivity index (χ1v) is 10.5. The number of amides is 1. The van der Waals surface area contributed by atoms with E-state index in [1.807, 2.05) is 4.90 Å². The highest BCUT2D eigenvalue weighted by Crippen LogP contribution is 2.23. The van der Waals surface area contributed by atoms with Gasteiger partial charge in [0.1, 0.15) is 5.82 Å². The number of hydrogen-bond donors (Lipinski definition) is 1. The van der Waals surface area contributed by atoms with Gasteiger partial charge in [-0.3, -0.25) is 4.79 Å². The number of rotatable bonds is 4. The van der Waals surface area contributed by atoms with Gasteiger partial charge in [0, 0.05) is 44.7 Å². The fraction of sp³-hybridized carbons (Fsp3) is 0.417. The van der Waals surface area contributed by atoms with Crippen molar-refractivity contribution in [2.24, 2.45) is 0 Å². The number of aromatic amines is 1. The maximum absolute atomic E-state index is 12.7. The van der Waals surface area contributed by atoms with E-state index >= 15 is 0 Å². The zero-order valence-corrected chi connectivity index (χ0v) is 17.9. The molecule has 0 saturated carbocycles. The lowest BCUT2D eigenvalue weighted by molar-refractivity contribution is -0.131. The van der Waals surface area contributed by atoms with Gasteiger partial charge >= 0.3 is 0 Å². The van der Waals surface area contributed by atoms with Crippen molar-refractivity contribution in [3.05, 3.63) is 58.4 Å². The number of benzene rings is 2. The van der Waals surface area contributed by atoms with Gasteiger partial charge in [0.25, 0.3) is 0 Å². The van der Waals surface area contributed by atoms with Crippen LogP contribution in [0.3, 0.4) is 0 Å². The molecule has 0 aliphatic carbocycles. The molecule has 0 unspecified atom stereocenters. The summed E-state index contributed by atoms with van der Waals surface area (Å²) < 4.78 is 0. The fourth-order valence-corrected chi connectivity index (χ4v) is 4.12. The molecule has 0 spiro atoms. The molecule has 2 aromatic carbocycles. The number of anilines is 1. The van der Waals surface area contributed by atoms with Gasteiger partial charge in [-0.15, -0.1) is 0 Å². The molecule has 29 heavy (non-hydrogen) atoms. The molecule has 1 amide bonds. The highest BCUT2D eigenvalue weighted by Gasteiger charge is 2.22. The van der Waals surface area contributed by atoms with Crippen LogP contribution < -0.4 is 4.90 Å². The molecule has 1 aliphatic rings. The molecular formula is C24H30N4O. The lowest BCUT2D eigenvalue weighted by atomic mass is 10.1. The normalized spacial score (nSPS) is 14.6. The van der Waals surface area contributed by atoms with Crippen LogP contribution in [0, 0.1) is 27.7 Å². The standard InChI is InChI=1S/C24H30N4O/c1-16-5-6-18(3)21(15-16)27-11-13-28(14-12-27)23(29)10-9-22-25-20-8-7-17(2)19(4)24(20)26-22/h5-8,15H,9-14H2,1-4H3,(H,25,26). The molecule has 3 aromatic rings. The van der Waals surface area contributed by atoms with Gasteiger partial charge in [-0.05, 0) is 62.1 Å². The number of H-pyrrole nitrogens is 1. The summed E-state index contributed by atoms with van der Waals surface area (Å²) in [6, 6.07) is 10.8. The molecule has 1 fully saturated rings. The van der Waals surface area contributed by atoms with E-state index in [2.05, 4.69) is 67.9 Å². The molecule has 4 rings (SSSR count). The van der Waals surface area contributed by atoms with Crippen molar-refractivity contribution in [3.8, 4) is 0 Å². The van der Waals surface area contributed by atoms with Gasteiger partial charge in [-0.2, -0.15) is 0 Å². The molecule has 1 aliphatic heterocycles. The quantitative estimate of drug-likeness (QED) is 0.730. The second-order valence-corrected chi connectivity index (χ2v) is 8.24. The molecular weight excluding hydrogens is 360 g/mol. The van der Waals surface area contributed by atoms with Crippen molar-refractivity contribution >= 4 is 22.6 Å². The Hall–Kier alpha value is -2.82. The lowest BCUT2D eigenvalue weighted by Gasteiger charge is -2.37. The van der Waals surface area contributed by atoms with Crippen molar-refractivity contribution in [1.82, 2.24) is 14.9 Å².